The van der Waals surface area contributed by atoms with Crippen LogP contribution in [0.25, 0.3) is 0 Å². The number of nitrogens with one attached hydrogen (secondary N) is 1. The Labute approximate surface area is 165 Å². The number of amides is 1. The maximum absolute atomic E-state index is 13.7. The highest BCUT2D eigenvalue weighted by Crippen LogP contribution is 2.37. The molecule has 0 radical (unpaired) electrons. The number of halogens is 1. The molecule has 2 aliphatic heterocycles. The first-order chi connectivity index (χ1) is 14.2. The first kappa shape index (κ1) is 17.5. The van der Waals surface area contributed by atoms with Gasteiger partial charge < -0.3 is 19.7 Å². The van der Waals surface area contributed by atoms with E-state index >= 15 is 0 Å². The van der Waals surface area contributed by atoms with Gasteiger partial charge in [0.05, 0.1) is 36.4 Å². The molecule has 3 aromatic rings. The standard InChI is InChI=1S/C20H18FN5O3/c21-14-2-3-17-19(8-14)28-11-15(10-26-22-5-6-23-26)25(17)9-13-1-4-18-16(7-13)24-20(27)12-29-18/h1-8,15H,9-12H2,(H,24,27). The lowest BCUT2D eigenvalue weighted by Crippen LogP contribution is -2.45. The molecule has 29 heavy (non-hydrogen) atoms. The van der Waals surface area contributed by atoms with Crippen LogP contribution in [0.3, 0.4) is 0 Å². The van der Waals surface area contributed by atoms with Crippen molar-refractivity contribution < 1.29 is 18.7 Å². The fourth-order valence-electron chi connectivity index (χ4n) is 3.63. The topological polar surface area (TPSA) is 81.5 Å². The molecule has 0 aliphatic carbocycles. The van der Waals surface area contributed by atoms with Crippen LogP contribution in [0.15, 0.2) is 48.8 Å². The van der Waals surface area contributed by atoms with E-state index < -0.39 is 0 Å². The van der Waals surface area contributed by atoms with Crippen LogP contribution in [-0.2, 0) is 17.9 Å². The number of fused-ring (bicyclic) bond motifs is 2. The minimum absolute atomic E-state index is 0.0215. The molecule has 2 aliphatic rings. The van der Waals surface area contributed by atoms with E-state index in [9.17, 15) is 9.18 Å². The van der Waals surface area contributed by atoms with Gasteiger partial charge in [-0.1, -0.05) is 6.07 Å². The summed E-state index contributed by atoms with van der Waals surface area (Å²) in [5.41, 5.74) is 2.43. The average molecular weight is 395 g/mol. The lowest BCUT2D eigenvalue weighted by atomic mass is 10.1. The number of aromatic nitrogens is 3. The number of hydrogen-bond donors (Lipinski definition) is 1. The van der Waals surface area contributed by atoms with Gasteiger partial charge in [-0.25, -0.2) is 4.39 Å². The molecule has 9 heteroatoms. The van der Waals surface area contributed by atoms with Crippen molar-refractivity contribution in [2.24, 2.45) is 0 Å². The maximum Gasteiger partial charge on any atom is 0.262 e. The molecular formula is C20H18FN5O3. The first-order valence-corrected chi connectivity index (χ1v) is 9.24. The predicted octanol–water partition coefficient (Wildman–Crippen LogP) is 2.22. The van der Waals surface area contributed by atoms with Crippen LogP contribution in [0.5, 0.6) is 11.5 Å². The lowest BCUT2D eigenvalue weighted by molar-refractivity contribution is -0.118. The summed E-state index contributed by atoms with van der Waals surface area (Å²) in [7, 11) is 0. The van der Waals surface area contributed by atoms with Gasteiger partial charge in [0.1, 0.15) is 23.9 Å². The number of rotatable bonds is 4. The highest BCUT2D eigenvalue weighted by molar-refractivity contribution is 5.95. The molecule has 2 aromatic carbocycles. The summed E-state index contributed by atoms with van der Waals surface area (Å²) in [4.78, 5) is 15.4. The molecule has 3 heterocycles. The number of carbonyl (C=O) groups excluding carboxylic acids is 1. The Hall–Kier alpha value is -3.62. The Morgan fingerprint density at radius 2 is 1.97 bits per heavy atom. The summed E-state index contributed by atoms with van der Waals surface area (Å²) in [6.07, 6.45) is 3.26. The molecule has 0 spiro atoms. The largest absolute Gasteiger partial charge is 0.489 e. The first-order valence-electron chi connectivity index (χ1n) is 9.24. The zero-order valence-electron chi connectivity index (χ0n) is 15.4. The molecule has 1 aromatic heterocycles. The number of nitrogens with zero attached hydrogens (tertiary/aromatic N) is 4. The second kappa shape index (κ2) is 7.08. The van der Waals surface area contributed by atoms with E-state index in [1.54, 1.807) is 23.3 Å². The van der Waals surface area contributed by atoms with Crippen LogP contribution >= 0.6 is 0 Å². The summed E-state index contributed by atoms with van der Waals surface area (Å²) in [6, 6.07) is 10.2. The van der Waals surface area contributed by atoms with Gasteiger partial charge in [0.25, 0.3) is 5.91 Å². The van der Waals surface area contributed by atoms with Crippen LogP contribution in [0.4, 0.5) is 15.8 Å². The van der Waals surface area contributed by atoms with E-state index in [0.29, 0.717) is 36.9 Å². The number of ether oxygens (including phenoxy) is 2. The number of hydrogen-bond acceptors (Lipinski definition) is 6. The van der Waals surface area contributed by atoms with Gasteiger partial charge in [0.15, 0.2) is 6.61 Å². The maximum atomic E-state index is 13.7. The summed E-state index contributed by atoms with van der Waals surface area (Å²) in [5.74, 6) is 0.633. The van der Waals surface area contributed by atoms with Crippen molar-refractivity contribution >= 4 is 17.3 Å². The van der Waals surface area contributed by atoms with Gasteiger partial charge in [-0.2, -0.15) is 15.0 Å². The molecule has 0 fully saturated rings. The molecule has 1 atom stereocenters. The molecule has 1 amide bonds. The van der Waals surface area contributed by atoms with Gasteiger partial charge in [-0.15, -0.1) is 0 Å². The zero-order valence-corrected chi connectivity index (χ0v) is 15.4. The highest BCUT2D eigenvalue weighted by atomic mass is 19.1. The van der Waals surface area contributed by atoms with Gasteiger partial charge in [0.2, 0.25) is 0 Å². The second-order valence-corrected chi connectivity index (χ2v) is 6.96. The van der Waals surface area contributed by atoms with Crippen LogP contribution in [0.2, 0.25) is 0 Å². The van der Waals surface area contributed by atoms with Crippen LogP contribution in [0, 0.1) is 5.82 Å². The van der Waals surface area contributed by atoms with E-state index in [2.05, 4.69) is 20.4 Å². The molecule has 0 bridgehead atoms. The number of carbonyl (C=O) groups is 1. The highest BCUT2D eigenvalue weighted by Gasteiger charge is 2.29. The Balaban J connectivity index is 1.47. The van der Waals surface area contributed by atoms with E-state index in [-0.39, 0.29) is 24.4 Å². The molecule has 0 saturated heterocycles. The van der Waals surface area contributed by atoms with E-state index in [4.69, 9.17) is 9.47 Å². The van der Waals surface area contributed by atoms with Crippen molar-refractivity contribution in [1.82, 2.24) is 15.0 Å². The Kier molecular flexibility index (Phi) is 4.27. The van der Waals surface area contributed by atoms with E-state index in [1.807, 2.05) is 18.2 Å². The molecule has 148 valence electrons. The van der Waals surface area contributed by atoms with Gasteiger partial charge in [-0.05, 0) is 29.8 Å². The summed E-state index contributed by atoms with van der Waals surface area (Å²) in [6.45, 7) is 1.46. The van der Waals surface area contributed by atoms with Crippen molar-refractivity contribution in [1.29, 1.82) is 0 Å². The molecule has 1 N–H and O–H groups in total. The second-order valence-electron chi connectivity index (χ2n) is 6.96. The fraction of sp³-hybridized carbons (Fsp3) is 0.250. The van der Waals surface area contributed by atoms with Crippen LogP contribution in [0.1, 0.15) is 5.56 Å². The summed E-state index contributed by atoms with van der Waals surface area (Å²) < 4.78 is 24.9. The monoisotopic (exact) mass is 395 g/mol. The third-order valence-electron chi connectivity index (χ3n) is 4.97. The SMILES string of the molecule is O=C1COc2ccc(CN3c4ccc(F)cc4OCC3Cn3nccn3)cc2N1. The summed E-state index contributed by atoms with van der Waals surface area (Å²) >= 11 is 0. The van der Waals surface area contributed by atoms with Crippen molar-refractivity contribution in [3.63, 3.8) is 0 Å². The van der Waals surface area contributed by atoms with Crippen LogP contribution in [-0.4, -0.2) is 40.2 Å². The van der Waals surface area contributed by atoms with Gasteiger partial charge >= 0.3 is 0 Å². The Bertz CT molecular complexity index is 1060. The zero-order chi connectivity index (χ0) is 19.8. The minimum Gasteiger partial charge on any atom is -0.489 e. The van der Waals surface area contributed by atoms with Crippen molar-refractivity contribution in [2.45, 2.75) is 19.1 Å². The summed E-state index contributed by atoms with van der Waals surface area (Å²) in [5, 5.41) is 11.2. The van der Waals surface area contributed by atoms with Gasteiger partial charge in [-0.3, -0.25) is 4.79 Å². The van der Waals surface area contributed by atoms with E-state index in [0.717, 1.165) is 11.3 Å². The number of benzene rings is 2. The molecule has 5 rings (SSSR count). The van der Waals surface area contributed by atoms with Crippen molar-refractivity contribution in [2.75, 3.05) is 23.4 Å². The predicted molar refractivity (Wildman–Crippen MR) is 102 cm³/mol. The Morgan fingerprint density at radius 3 is 2.83 bits per heavy atom. The fourth-order valence-corrected chi connectivity index (χ4v) is 3.63. The van der Waals surface area contributed by atoms with Gasteiger partial charge in [0, 0.05) is 12.6 Å². The smallest absolute Gasteiger partial charge is 0.262 e. The van der Waals surface area contributed by atoms with Crippen LogP contribution < -0.4 is 19.7 Å². The van der Waals surface area contributed by atoms with E-state index in [1.165, 1.54) is 12.1 Å². The molecule has 8 nitrogen and oxygen atoms in total. The van der Waals surface area contributed by atoms with Crippen molar-refractivity contribution in [3.8, 4) is 11.5 Å². The third kappa shape index (κ3) is 3.46. The Morgan fingerprint density at radius 1 is 1.10 bits per heavy atom. The number of anilines is 2. The minimum atomic E-state index is -0.343. The third-order valence-corrected chi connectivity index (χ3v) is 4.97. The quantitative estimate of drug-likeness (QED) is 0.730. The van der Waals surface area contributed by atoms with Crippen molar-refractivity contribution in [3.05, 3.63) is 60.2 Å². The molecular weight excluding hydrogens is 377 g/mol. The molecule has 0 saturated carbocycles. The lowest BCUT2D eigenvalue weighted by Gasteiger charge is -2.38. The normalized spacial score (nSPS) is 17.6. The molecule has 1 unspecified atom stereocenters. The average Bonchev–Trinajstić information content (AvgIpc) is 3.22.